The molecule has 0 fully saturated rings. The van der Waals surface area contributed by atoms with E-state index < -0.39 is 0 Å². The number of carbonyl (C=O) groups is 1. The van der Waals surface area contributed by atoms with E-state index in [1.807, 2.05) is 99.0 Å². The van der Waals surface area contributed by atoms with Crippen LogP contribution in [0.1, 0.15) is 28.1 Å². The molecule has 1 heterocycles. The predicted molar refractivity (Wildman–Crippen MR) is 137 cm³/mol. The van der Waals surface area contributed by atoms with Crippen LogP contribution in [0.2, 0.25) is 0 Å². The molecule has 7 heteroatoms. The van der Waals surface area contributed by atoms with E-state index in [1.165, 1.54) is 11.8 Å². The van der Waals surface area contributed by atoms with Gasteiger partial charge in [-0.2, -0.15) is 0 Å². The lowest BCUT2D eigenvalue weighted by atomic mass is 10.1. The number of ether oxygens (including phenoxy) is 1. The normalized spacial score (nSPS) is 10.8. The van der Waals surface area contributed by atoms with Crippen LogP contribution in [-0.2, 0) is 11.4 Å². The third-order valence-electron chi connectivity index (χ3n) is 5.41. The molecule has 4 aromatic rings. The van der Waals surface area contributed by atoms with Crippen molar-refractivity contribution in [2.45, 2.75) is 39.5 Å². The minimum Gasteiger partial charge on any atom is -0.485 e. The van der Waals surface area contributed by atoms with Gasteiger partial charge in [-0.25, -0.2) is 0 Å². The van der Waals surface area contributed by atoms with Crippen LogP contribution in [0, 0.1) is 27.7 Å². The quantitative estimate of drug-likeness (QED) is 0.328. The van der Waals surface area contributed by atoms with E-state index in [4.69, 9.17) is 4.74 Å². The minimum atomic E-state index is -0.0966. The summed E-state index contributed by atoms with van der Waals surface area (Å²) in [5, 5.41) is 12.3. The minimum absolute atomic E-state index is 0.0966. The molecule has 6 nitrogen and oxygen atoms in total. The zero-order valence-corrected chi connectivity index (χ0v) is 20.6. The largest absolute Gasteiger partial charge is 0.485 e. The predicted octanol–water partition coefficient (Wildman–Crippen LogP) is 5.81. The molecule has 0 saturated carbocycles. The molecule has 0 aliphatic carbocycles. The van der Waals surface area contributed by atoms with E-state index in [1.54, 1.807) is 0 Å². The van der Waals surface area contributed by atoms with E-state index in [2.05, 4.69) is 15.5 Å². The molecule has 0 bridgehead atoms. The fraction of sp³-hybridized carbons (Fsp3) is 0.222. The van der Waals surface area contributed by atoms with Crippen LogP contribution in [0.5, 0.6) is 5.75 Å². The molecule has 0 unspecified atom stereocenters. The Hall–Kier alpha value is -3.58. The first-order valence-electron chi connectivity index (χ1n) is 11.1. The van der Waals surface area contributed by atoms with Crippen molar-refractivity contribution in [2.24, 2.45) is 0 Å². The summed E-state index contributed by atoms with van der Waals surface area (Å²) < 4.78 is 8.11. The van der Waals surface area contributed by atoms with Gasteiger partial charge in [0.2, 0.25) is 5.91 Å². The van der Waals surface area contributed by atoms with Crippen molar-refractivity contribution in [3.05, 3.63) is 94.8 Å². The zero-order valence-electron chi connectivity index (χ0n) is 19.8. The number of aryl methyl sites for hydroxylation is 4. The number of amides is 1. The molecule has 1 N–H and O–H groups in total. The van der Waals surface area contributed by atoms with Crippen LogP contribution >= 0.6 is 11.8 Å². The first-order chi connectivity index (χ1) is 16.4. The van der Waals surface area contributed by atoms with Crippen LogP contribution < -0.4 is 10.1 Å². The second-order valence-corrected chi connectivity index (χ2v) is 9.22. The number of hydrogen-bond acceptors (Lipinski definition) is 5. The van der Waals surface area contributed by atoms with Gasteiger partial charge < -0.3 is 10.1 Å². The molecule has 3 aromatic carbocycles. The Kier molecular flexibility index (Phi) is 7.33. The van der Waals surface area contributed by atoms with Crippen LogP contribution in [-0.4, -0.2) is 26.4 Å². The lowest BCUT2D eigenvalue weighted by Gasteiger charge is -2.14. The molecule has 4 rings (SSSR count). The zero-order chi connectivity index (χ0) is 24.1. The number of nitrogens with zero attached hydrogens (tertiary/aromatic N) is 3. The molecule has 1 aromatic heterocycles. The Morgan fingerprint density at radius 3 is 2.15 bits per heavy atom. The van der Waals surface area contributed by atoms with Crippen LogP contribution in [0.15, 0.2) is 71.9 Å². The third kappa shape index (κ3) is 5.66. The standard InChI is InChI=1S/C27H28N4O2S/c1-18-8-12-22(13-9-18)28-25(32)17-34-27-30-29-24(31(27)23-14-10-19(2)11-15-23)16-33-26-20(3)6-5-7-21(26)4/h5-15H,16-17H2,1-4H3,(H,28,32). The number of nitrogens with one attached hydrogen (secondary N) is 1. The van der Waals surface area contributed by atoms with E-state index in [-0.39, 0.29) is 18.3 Å². The van der Waals surface area contributed by atoms with Gasteiger partial charge in [-0.3, -0.25) is 9.36 Å². The number of benzene rings is 3. The van der Waals surface area contributed by atoms with Gasteiger partial charge in [0.25, 0.3) is 0 Å². The fourth-order valence-electron chi connectivity index (χ4n) is 3.57. The topological polar surface area (TPSA) is 69.0 Å². The van der Waals surface area contributed by atoms with Crippen LogP contribution in [0.25, 0.3) is 5.69 Å². The summed E-state index contributed by atoms with van der Waals surface area (Å²) in [4.78, 5) is 12.5. The third-order valence-corrected chi connectivity index (χ3v) is 6.34. The highest BCUT2D eigenvalue weighted by Gasteiger charge is 2.17. The second kappa shape index (κ2) is 10.6. The van der Waals surface area contributed by atoms with Gasteiger partial charge in [-0.15, -0.1) is 10.2 Å². The maximum atomic E-state index is 12.5. The average molecular weight is 473 g/mol. The highest BCUT2D eigenvalue weighted by Crippen LogP contribution is 2.26. The summed E-state index contributed by atoms with van der Waals surface area (Å²) in [6.45, 7) is 8.39. The number of aromatic nitrogens is 3. The maximum Gasteiger partial charge on any atom is 0.234 e. The van der Waals surface area contributed by atoms with Gasteiger partial charge in [0, 0.05) is 11.4 Å². The van der Waals surface area contributed by atoms with E-state index >= 15 is 0 Å². The highest BCUT2D eigenvalue weighted by molar-refractivity contribution is 7.99. The van der Waals surface area contributed by atoms with Gasteiger partial charge >= 0.3 is 0 Å². The first kappa shape index (κ1) is 23.6. The summed E-state index contributed by atoms with van der Waals surface area (Å²) >= 11 is 1.35. The number of hydrogen-bond donors (Lipinski definition) is 1. The Balaban J connectivity index is 1.53. The fourth-order valence-corrected chi connectivity index (χ4v) is 4.34. The Morgan fingerprint density at radius 2 is 1.50 bits per heavy atom. The molecule has 0 aliphatic rings. The summed E-state index contributed by atoms with van der Waals surface area (Å²) in [5.41, 5.74) is 6.16. The van der Waals surface area contributed by atoms with E-state index in [0.717, 1.165) is 39.4 Å². The number of rotatable bonds is 8. The van der Waals surface area contributed by atoms with Gasteiger partial charge in [0.1, 0.15) is 12.4 Å². The summed E-state index contributed by atoms with van der Waals surface area (Å²) in [6.07, 6.45) is 0. The van der Waals surface area contributed by atoms with Gasteiger partial charge in [0.15, 0.2) is 11.0 Å². The molecular formula is C27H28N4O2S. The van der Waals surface area contributed by atoms with Crippen molar-refractivity contribution >= 4 is 23.4 Å². The van der Waals surface area contributed by atoms with Gasteiger partial charge in [-0.1, -0.05) is 65.4 Å². The molecule has 0 atom stereocenters. The number of para-hydroxylation sites is 1. The molecule has 0 radical (unpaired) electrons. The van der Waals surface area contributed by atoms with Crippen molar-refractivity contribution in [3.63, 3.8) is 0 Å². The Labute approximate surface area is 204 Å². The molecule has 34 heavy (non-hydrogen) atoms. The molecular weight excluding hydrogens is 444 g/mol. The number of anilines is 1. The lowest BCUT2D eigenvalue weighted by Crippen LogP contribution is -2.14. The number of carbonyl (C=O) groups excluding carboxylic acids is 1. The number of thioether (sulfide) groups is 1. The van der Waals surface area contributed by atoms with Crippen molar-refractivity contribution in [2.75, 3.05) is 11.1 Å². The second-order valence-electron chi connectivity index (χ2n) is 8.28. The Morgan fingerprint density at radius 1 is 0.882 bits per heavy atom. The maximum absolute atomic E-state index is 12.5. The summed E-state index contributed by atoms with van der Waals surface area (Å²) in [5.74, 6) is 1.65. The first-order valence-corrected chi connectivity index (χ1v) is 12.1. The van der Waals surface area contributed by atoms with Crippen LogP contribution in [0.4, 0.5) is 5.69 Å². The molecule has 174 valence electrons. The van der Waals surface area contributed by atoms with Crippen molar-refractivity contribution in [1.29, 1.82) is 0 Å². The van der Waals surface area contributed by atoms with E-state index in [9.17, 15) is 4.79 Å². The van der Waals surface area contributed by atoms with E-state index in [0.29, 0.717) is 11.0 Å². The summed E-state index contributed by atoms with van der Waals surface area (Å²) in [7, 11) is 0. The molecule has 1 amide bonds. The SMILES string of the molecule is Cc1ccc(NC(=O)CSc2nnc(COc3c(C)cccc3C)n2-c2ccc(C)cc2)cc1. The smallest absolute Gasteiger partial charge is 0.234 e. The average Bonchev–Trinajstić information content (AvgIpc) is 3.22. The highest BCUT2D eigenvalue weighted by atomic mass is 32.2. The molecule has 0 saturated heterocycles. The summed E-state index contributed by atoms with van der Waals surface area (Å²) in [6, 6.07) is 22.0. The van der Waals surface area contributed by atoms with Gasteiger partial charge in [0.05, 0.1) is 5.75 Å². The monoisotopic (exact) mass is 472 g/mol. The van der Waals surface area contributed by atoms with Crippen LogP contribution in [0.3, 0.4) is 0 Å². The molecule has 0 aliphatic heterocycles. The van der Waals surface area contributed by atoms with Crippen molar-refractivity contribution in [1.82, 2.24) is 14.8 Å². The van der Waals surface area contributed by atoms with Gasteiger partial charge in [-0.05, 0) is 63.1 Å². The molecule has 0 spiro atoms. The Bertz CT molecular complexity index is 1260. The van der Waals surface area contributed by atoms with Crippen molar-refractivity contribution in [3.8, 4) is 11.4 Å². The lowest BCUT2D eigenvalue weighted by molar-refractivity contribution is -0.113. The van der Waals surface area contributed by atoms with Crippen molar-refractivity contribution < 1.29 is 9.53 Å².